The molecule has 1 heterocycles. The fourth-order valence-corrected chi connectivity index (χ4v) is 2.33. The van der Waals surface area contributed by atoms with Crippen LogP contribution in [0.1, 0.15) is 13.3 Å². The van der Waals surface area contributed by atoms with Gasteiger partial charge in [-0.2, -0.15) is 0 Å². The molecule has 0 aromatic carbocycles. The van der Waals surface area contributed by atoms with E-state index in [0.29, 0.717) is 13.0 Å². The van der Waals surface area contributed by atoms with Crippen molar-refractivity contribution in [2.75, 3.05) is 19.8 Å². The molecular formula is C11H21N2O9S-. The summed E-state index contributed by atoms with van der Waals surface area (Å²) in [5.41, 5.74) is 5.33. The fourth-order valence-electron chi connectivity index (χ4n) is 2.03. The zero-order chi connectivity index (χ0) is 17.6. The molecule has 0 aliphatic carbocycles. The summed E-state index contributed by atoms with van der Waals surface area (Å²) in [7, 11) is -4.99. The number of ether oxygens (including phenoxy) is 2. The van der Waals surface area contributed by atoms with Crippen LogP contribution < -0.4 is 11.1 Å². The van der Waals surface area contributed by atoms with E-state index in [1.807, 2.05) is 0 Å². The topological polar surface area (TPSA) is 180 Å². The molecule has 5 N–H and O–H groups in total. The molecule has 5 atom stereocenters. The maximum Gasteiger partial charge on any atom is 0.217 e. The van der Waals surface area contributed by atoms with Crippen LogP contribution in [0.5, 0.6) is 0 Å². The molecule has 12 heteroatoms. The third kappa shape index (κ3) is 6.64. The molecule has 0 aromatic rings. The van der Waals surface area contributed by atoms with E-state index in [1.165, 1.54) is 6.92 Å². The van der Waals surface area contributed by atoms with E-state index in [4.69, 9.17) is 15.2 Å². The molecule has 1 aliphatic heterocycles. The molecule has 0 aromatic heterocycles. The first-order valence-electron chi connectivity index (χ1n) is 6.86. The molecule has 1 aliphatic rings. The summed E-state index contributed by atoms with van der Waals surface area (Å²) in [4.78, 5) is 11.2. The minimum atomic E-state index is -4.99. The van der Waals surface area contributed by atoms with E-state index in [0.717, 1.165) is 0 Å². The van der Waals surface area contributed by atoms with Crippen molar-refractivity contribution in [3.8, 4) is 0 Å². The molecule has 1 amide bonds. The van der Waals surface area contributed by atoms with Gasteiger partial charge >= 0.3 is 0 Å². The van der Waals surface area contributed by atoms with Crippen LogP contribution in [0.4, 0.5) is 0 Å². The summed E-state index contributed by atoms with van der Waals surface area (Å²) in [6.07, 6.45) is -5.14. The highest BCUT2D eigenvalue weighted by molar-refractivity contribution is 7.80. The lowest BCUT2D eigenvalue weighted by Crippen LogP contribution is -2.64. The maximum atomic E-state index is 11.2. The number of carbonyl (C=O) groups is 1. The Kier molecular flexibility index (Phi) is 7.76. The number of hydrogen-bond donors (Lipinski definition) is 4. The first kappa shape index (κ1) is 20.2. The molecule has 11 nitrogen and oxygen atoms in total. The van der Waals surface area contributed by atoms with E-state index in [9.17, 15) is 28.0 Å². The van der Waals surface area contributed by atoms with Crippen LogP contribution in [-0.2, 0) is 28.9 Å². The Bertz CT molecular complexity index is 486. The van der Waals surface area contributed by atoms with Gasteiger partial charge in [-0.05, 0) is 13.0 Å². The number of amides is 1. The van der Waals surface area contributed by atoms with Crippen LogP contribution in [0.2, 0.25) is 0 Å². The third-order valence-electron chi connectivity index (χ3n) is 3.08. The first-order chi connectivity index (χ1) is 10.7. The standard InChI is InChI=1S/C11H22N2O9S/c1-6(14)13-8-10(16)9(15)7(5-21-23(17,18)19)22-11(8)20-4-2-3-12/h7-11,15-16H,2-5,12H2,1H3,(H,13,14)(H,17,18,19)/p-1/t7-,8-,9-,10-,11-/m1/s1. The van der Waals surface area contributed by atoms with Crippen LogP contribution in [0, 0.1) is 0 Å². The van der Waals surface area contributed by atoms with Crippen molar-refractivity contribution in [1.82, 2.24) is 5.32 Å². The summed E-state index contributed by atoms with van der Waals surface area (Å²) < 4.78 is 46.1. The second-order valence-electron chi connectivity index (χ2n) is 4.96. The Morgan fingerprint density at radius 2 is 2.04 bits per heavy atom. The second-order valence-corrected chi connectivity index (χ2v) is 6.01. The van der Waals surface area contributed by atoms with Gasteiger partial charge in [0.2, 0.25) is 16.3 Å². The predicted molar refractivity (Wildman–Crippen MR) is 73.6 cm³/mol. The number of nitrogens with two attached hydrogens (primary N) is 1. The molecule has 1 fully saturated rings. The van der Waals surface area contributed by atoms with Gasteiger partial charge < -0.3 is 35.3 Å². The minimum Gasteiger partial charge on any atom is -0.726 e. The number of nitrogens with one attached hydrogen (secondary N) is 1. The molecule has 1 rings (SSSR count). The van der Waals surface area contributed by atoms with Gasteiger partial charge in [-0.15, -0.1) is 0 Å². The monoisotopic (exact) mass is 357 g/mol. The summed E-state index contributed by atoms with van der Waals surface area (Å²) in [6, 6.07) is -1.08. The smallest absolute Gasteiger partial charge is 0.217 e. The van der Waals surface area contributed by atoms with Gasteiger partial charge in [0.15, 0.2) is 6.29 Å². The highest BCUT2D eigenvalue weighted by atomic mass is 32.3. The van der Waals surface area contributed by atoms with Crippen molar-refractivity contribution < 1.29 is 41.6 Å². The second kappa shape index (κ2) is 8.84. The zero-order valence-corrected chi connectivity index (χ0v) is 13.3. The van der Waals surface area contributed by atoms with Gasteiger partial charge in [0.05, 0.1) is 13.2 Å². The quantitative estimate of drug-likeness (QED) is 0.196. The van der Waals surface area contributed by atoms with Gasteiger partial charge in [-0.25, -0.2) is 8.42 Å². The van der Waals surface area contributed by atoms with Gasteiger partial charge in [-0.1, -0.05) is 0 Å². The molecule has 23 heavy (non-hydrogen) atoms. The first-order valence-corrected chi connectivity index (χ1v) is 8.19. The summed E-state index contributed by atoms with van der Waals surface area (Å²) in [6.45, 7) is 0.889. The third-order valence-corrected chi connectivity index (χ3v) is 3.50. The fraction of sp³-hybridized carbons (Fsp3) is 0.909. The van der Waals surface area contributed by atoms with Crippen LogP contribution in [0.3, 0.4) is 0 Å². The average molecular weight is 357 g/mol. The number of rotatable bonds is 8. The molecule has 0 unspecified atom stereocenters. The summed E-state index contributed by atoms with van der Waals surface area (Å²) in [5.74, 6) is -0.492. The molecule has 136 valence electrons. The highest BCUT2D eigenvalue weighted by Gasteiger charge is 2.45. The lowest BCUT2D eigenvalue weighted by molar-refractivity contribution is -0.268. The molecule has 1 saturated heterocycles. The largest absolute Gasteiger partial charge is 0.726 e. The van der Waals surface area contributed by atoms with Crippen molar-refractivity contribution in [2.24, 2.45) is 5.73 Å². The molecule has 0 spiro atoms. The normalized spacial score (nSPS) is 31.8. The molecule has 0 radical (unpaired) electrons. The molecule has 0 bridgehead atoms. The number of hydrogen-bond acceptors (Lipinski definition) is 10. The summed E-state index contributed by atoms with van der Waals surface area (Å²) >= 11 is 0. The highest BCUT2D eigenvalue weighted by Crippen LogP contribution is 2.23. The van der Waals surface area contributed by atoms with Crippen molar-refractivity contribution in [3.63, 3.8) is 0 Å². The van der Waals surface area contributed by atoms with Gasteiger partial charge in [-0.3, -0.25) is 8.98 Å². The lowest BCUT2D eigenvalue weighted by atomic mass is 9.97. The Morgan fingerprint density at radius 1 is 1.39 bits per heavy atom. The van der Waals surface area contributed by atoms with Crippen molar-refractivity contribution in [2.45, 2.75) is 44.0 Å². The Hall–Kier alpha value is -0.860. The molecular weight excluding hydrogens is 336 g/mol. The number of aliphatic hydroxyl groups is 2. The maximum absolute atomic E-state index is 11.2. The number of carbonyl (C=O) groups excluding carboxylic acids is 1. The SMILES string of the molecule is CC(=O)N[C@H]1[C@H](OCCCN)O[C@H](COS(=O)(=O)[O-])[C@@H](O)[C@@H]1O. The van der Waals surface area contributed by atoms with Crippen LogP contribution >= 0.6 is 0 Å². The van der Waals surface area contributed by atoms with E-state index < -0.39 is 53.6 Å². The van der Waals surface area contributed by atoms with Crippen LogP contribution in [0.15, 0.2) is 0 Å². The van der Waals surface area contributed by atoms with Crippen LogP contribution in [-0.4, -0.2) is 79.5 Å². The zero-order valence-electron chi connectivity index (χ0n) is 12.5. The van der Waals surface area contributed by atoms with E-state index >= 15 is 0 Å². The van der Waals surface area contributed by atoms with Crippen molar-refractivity contribution in [1.29, 1.82) is 0 Å². The Morgan fingerprint density at radius 3 is 2.57 bits per heavy atom. The van der Waals surface area contributed by atoms with E-state index in [1.54, 1.807) is 0 Å². The minimum absolute atomic E-state index is 0.146. The number of aliphatic hydroxyl groups excluding tert-OH is 2. The molecule has 0 saturated carbocycles. The van der Waals surface area contributed by atoms with Crippen molar-refractivity contribution >= 4 is 16.3 Å². The van der Waals surface area contributed by atoms with Gasteiger partial charge in [0.1, 0.15) is 24.4 Å². The van der Waals surface area contributed by atoms with Crippen LogP contribution in [0.25, 0.3) is 0 Å². The Labute approximate surface area is 133 Å². The van der Waals surface area contributed by atoms with Gasteiger partial charge in [0.25, 0.3) is 0 Å². The lowest BCUT2D eigenvalue weighted by Gasteiger charge is -2.42. The predicted octanol–water partition coefficient (Wildman–Crippen LogP) is -3.22. The van der Waals surface area contributed by atoms with E-state index in [2.05, 4.69) is 9.50 Å². The van der Waals surface area contributed by atoms with Gasteiger partial charge in [0, 0.05) is 6.92 Å². The Balaban J connectivity index is 2.80. The van der Waals surface area contributed by atoms with E-state index in [-0.39, 0.29) is 6.61 Å². The van der Waals surface area contributed by atoms with Crippen molar-refractivity contribution in [3.05, 3.63) is 0 Å². The summed E-state index contributed by atoms with van der Waals surface area (Å²) in [5, 5.41) is 22.4. The average Bonchev–Trinajstić information content (AvgIpc) is 2.44.